The van der Waals surface area contributed by atoms with Crippen molar-refractivity contribution in [1.82, 2.24) is 0 Å². The van der Waals surface area contributed by atoms with Crippen molar-refractivity contribution >= 4 is 17.8 Å². The molecule has 0 saturated carbocycles. The number of hydrogen-bond acceptors (Lipinski definition) is 3. The number of fused-ring (bicyclic) bond motifs is 1. The molecule has 0 saturated heterocycles. The third-order valence-electron chi connectivity index (χ3n) is 3.01. The van der Waals surface area contributed by atoms with Gasteiger partial charge >= 0.3 is 17.8 Å². The highest BCUT2D eigenvalue weighted by molar-refractivity contribution is 6.14. The number of carboxylic acids is 1. The standard InChI is InChI=1S/C13H11NO4/c1-2-7-14(8-11(15)16)12(17)9-5-3-4-6-10(9)13(14)18/h2-6H,1,7-8H2/p+1. The lowest BCUT2D eigenvalue weighted by molar-refractivity contribution is -0.748. The SMILES string of the molecule is C=CC[N+]1(CC(=O)O)C(=O)c2ccccc2C1=O. The maximum atomic E-state index is 12.3. The van der Waals surface area contributed by atoms with E-state index >= 15 is 0 Å². The minimum Gasteiger partial charge on any atom is -0.477 e. The van der Waals surface area contributed by atoms with E-state index in [1.54, 1.807) is 24.3 Å². The highest BCUT2D eigenvalue weighted by Crippen LogP contribution is 2.29. The van der Waals surface area contributed by atoms with Gasteiger partial charge in [0.25, 0.3) is 0 Å². The zero-order valence-electron chi connectivity index (χ0n) is 9.63. The number of amides is 2. The molecule has 0 aliphatic carbocycles. The van der Waals surface area contributed by atoms with E-state index in [0.717, 1.165) is 0 Å². The molecule has 5 heteroatoms. The fourth-order valence-corrected chi connectivity index (χ4v) is 2.23. The minimum atomic E-state index is -1.19. The molecule has 0 fully saturated rings. The summed E-state index contributed by atoms with van der Waals surface area (Å²) < 4.78 is -0.738. The smallest absolute Gasteiger partial charge is 0.360 e. The molecule has 0 bridgehead atoms. The number of nitrogens with zero attached hydrogens (tertiary/aromatic N) is 1. The van der Waals surface area contributed by atoms with Gasteiger partial charge in [-0.1, -0.05) is 18.7 Å². The van der Waals surface area contributed by atoms with Gasteiger partial charge in [-0.05, 0) is 18.2 Å². The third-order valence-corrected chi connectivity index (χ3v) is 3.01. The van der Waals surface area contributed by atoms with Crippen LogP contribution in [-0.4, -0.2) is 40.5 Å². The molecule has 92 valence electrons. The van der Waals surface area contributed by atoms with Crippen LogP contribution >= 0.6 is 0 Å². The van der Waals surface area contributed by atoms with Crippen molar-refractivity contribution in [1.29, 1.82) is 0 Å². The Morgan fingerprint density at radius 2 is 1.72 bits per heavy atom. The van der Waals surface area contributed by atoms with Gasteiger partial charge in [-0.15, -0.1) is 0 Å². The van der Waals surface area contributed by atoms with Crippen LogP contribution in [0.25, 0.3) is 0 Å². The predicted molar refractivity (Wildman–Crippen MR) is 62.9 cm³/mol. The number of benzene rings is 1. The fourth-order valence-electron chi connectivity index (χ4n) is 2.23. The highest BCUT2D eigenvalue weighted by Gasteiger charge is 2.54. The summed E-state index contributed by atoms with van der Waals surface area (Å²) in [5, 5.41) is 8.93. The monoisotopic (exact) mass is 246 g/mol. The second kappa shape index (κ2) is 4.19. The molecule has 2 rings (SSSR count). The number of rotatable bonds is 4. The summed E-state index contributed by atoms with van der Waals surface area (Å²) >= 11 is 0. The molecular weight excluding hydrogens is 234 g/mol. The maximum absolute atomic E-state index is 12.3. The average molecular weight is 246 g/mol. The van der Waals surface area contributed by atoms with Gasteiger partial charge in [-0.2, -0.15) is 4.48 Å². The van der Waals surface area contributed by atoms with E-state index in [9.17, 15) is 14.4 Å². The molecule has 1 N–H and O–H groups in total. The number of hydrogen-bond donors (Lipinski definition) is 1. The zero-order valence-corrected chi connectivity index (χ0v) is 9.63. The minimum absolute atomic E-state index is 0.0152. The molecule has 0 atom stereocenters. The molecule has 1 aliphatic heterocycles. The largest absolute Gasteiger partial charge is 0.477 e. The van der Waals surface area contributed by atoms with Crippen molar-refractivity contribution in [3.8, 4) is 0 Å². The summed E-state index contributed by atoms with van der Waals surface area (Å²) in [4.78, 5) is 35.5. The summed E-state index contributed by atoms with van der Waals surface area (Å²) in [5.41, 5.74) is 0.566. The summed E-state index contributed by atoms with van der Waals surface area (Å²) in [6.45, 7) is 2.92. The Kier molecular flexibility index (Phi) is 2.84. The lowest BCUT2D eigenvalue weighted by Crippen LogP contribution is -2.55. The van der Waals surface area contributed by atoms with Gasteiger partial charge in [0.05, 0.1) is 11.1 Å². The van der Waals surface area contributed by atoms with Gasteiger partial charge < -0.3 is 5.11 Å². The Morgan fingerprint density at radius 1 is 1.22 bits per heavy atom. The Morgan fingerprint density at radius 3 is 2.11 bits per heavy atom. The fraction of sp³-hybridized carbons (Fsp3) is 0.154. The van der Waals surface area contributed by atoms with E-state index in [0.29, 0.717) is 0 Å². The lowest BCUT2D eigenvalue weighted by Gasteiger charge is -2.25. The molecule has 1 aliphatic rings. The Hall–Kier alpha value is -2.27. The molecule has 0 spiro atoms. The van der Waals surface area contributed by atoms with Crippen molar-refractivity contribution in [3.63, 3.8) is 0 Å². The van der Waals surface area contributed by atoms with Gasteiger partial charge in [0, 0.05) is 0 Å². The van der Waals surface area contributed by atoms with Crippen LogP contribution in [0.3, 0.4) is 0 Å². The maximum Gasteiger partial charge on any atom is 0.360 e. The summed E-state index contributed by atoms with van der Waals surface area (Å²) in [6.07, 6.45) is 1.39. The van der Waals surface area contributed by atoms with E-state index in [4.69, 9.17) is 5.11 Å². The van der Waals surface area contributed by atoms with Gasteiger partial charge in [0.2, 0.25) is 0 Å². The normalized spacial score (nSPS) is 16.4. The van der Waals surface area contributed by atoms with E-state index in [1.165, 1.54) is 6.08 Å². The Bertz CT molecular complexity index is 527. The molecule has 1 aromatic carbocycles. The molecular formula is C13H12NO4+. The van der Waals surface area contributed by atoms with Crippen LogP contribution in [0.2, 0.25) is 0 Å². The molecule has 0 radical (unpaired) electrons. The molecule has 2 amide bonds. The van der Waals surface area contributed by atoms with Gasteiger partial charge in [0.15, 0.2) is 6.54 Å². The quantitative estimate of drug-likeness (QED) is 0.490. The number of carboxylic acid groups (broad SMARTS) is 1. The number of aliphatic carboxylic acids is 1. The first-order valence-electron chi connectivity index (χ1n) is 5.41. The van der Waals surface area contributed by atoms with Crippen molar-refractivity contribution in [2.24, 2.45) is 0 Å². The molecule has 1 aromatic rings. The van der Waals surface area contributed by atoms with E-state index in [-0.39, 0.29) is 17.7 Å². The van der Waals surface area contributed by atoms with Crippen LogP contribution in [0.15, 0.2) is 36.9 Å². The first-order valence-corrected chi connectivity index (χ1v) is 5.41. The first kappa shape index (κ1) is 12.2. The second-order valence-corrected chi connectivity index (χ2v) is 4.15. The van der Waals surface area contributed by atoms with Crippen molar-refractivity contribution in [3.05, 3.63) is 48.0 Å². The third kappa shape index (κ3) is 1.56. The van der Waals surface area contributed by atoms with Crippen LogP contribution in [0.5, 0.6) is 0 Å². The summed E-state index contributed by atoms with van der Waals surface area (Å²) in [5.74, 6) is -2.14. The number of imide groups is 1. The number of quaternary nitrogens is 1. The van der Waals surface area contributed by atoms with Crippen LogP contribution in [0.4, 0.5) is 0 Å². The van der Waals surface area contributed by atoms with Crippen LogP contribution in [0, 0.1) is 0 Å². The molecule has 18 heavy (non-hydrogen) atoms. The van der Waals surface area contributed by atoms with Crippen molar-refractivity contribution in [2.45, 2.75) is 0 Å². The Labute approximate surface area is 104 Å². The highest BCUT2D eigenvalue weighted by atomic mass is 16.4. The van der Waals surface area contributed by atoms with Gasteiger partial charge in [0.1, 0.15) is 6.54 Å². The van der Waals surface area contributed by atoms with E-state index in [1.807, 2.05) is 0 Å². The predicted octanol–water partition coefficient (Wildman–Crippen LogP) is 1.07. The zero-order chi connectivity index (χ0) is 13.3. The van der Waals surface area contributed by atoms with Gasteiger partial charge in [-0.3, -0.25) is 0 Å². The van der Waals surface area contributed by atoms with Crippen molar-refractivity contribution < 1.29 is 24.0 Å². The van der Waals surface area contributed by atoms with Crippen molar-refractivity contribution in [2.75, 3.05) is 13.1 Å². The molecule has 0 aromatic heterocycles. The first-order chi connectivity index (χ1) is 8.53. The summed E-state index contributed by atoms with van der Waals surface area (Å²) in [7, 11) is 0. The Balaban J connectivity index is 2.58. The van der Waals surface area contributed by atoms with Crippen LogP contribution in [0.1, 0.15) is 20.7 Å². The van der Waals surface area contributed by atoms with E-state index < -0.39 is 28.8 Å². The average Bonchev–Trinajstić information content (AvgIpc) is 2.53. The number of carbonyl (C=O) groups is 3. The second-order valence-electron chi connectivity index (χ2n) is 4.15. The van der Waals surface area contributed by atoms with Crippen LogP contribution in [-0.2, 0) is 4.79 Å². The topological polar surface area (TPSA) is 71.4 Å². The van der Waals surface area contributed by atoms with Crippen LogP contribution < -0.4 is 0 Å². The lowest BCUT2D eigenvalue weighted by atomic mass is 10.1. The summed E-state index contributed by atoms with van der Waals surface area (Å²) in [6, 6.07) is 6.39. The molecule has 5 nitrogen and oxygen atoms in total. The van der Waals surface area contributed by atoms with Gasteiger partial charge in [-0.25, -0.2) is 14.4 Å². The molecule has 0 unspecified atom stereocenters. The van der Waals surface area contributed by atoms with E-state index in [2.05, 4.69) is 6.58 Å². The number of carbonyl (C=O) groups excluding carboxylic acids is 2. The molecule has 1 heterocycles.